The number of hydrogen-bond donors (Lipinski definition) is 0. The van der Waals surface area contributed by atoms with E-state index in [1.54, 1.807) is 0 Å². The lowest BCUT2D eigenvalue weighted by molar-refractivity contribution is 0.660. The van der Waals surface area contributed by atoms with Crippen LogP contribution in [0.4, 0.5) is 0 Å². The van der Waals surface area contributed by atoms with Gasteiger partial charge in [-0.25, -0.2) is 29.9 Å². The standard InChI is InChI=1S/C86H57N7/c1-86(2)78-35-16-15-34-76(78)77-43-40-66(53-79(77)86)63-30-18-29-62(45-63)64-31-19-33-67(46-64)83-89-82(60-26-13-6-14-27-60)92-85(93-83)73-50-69(55-20-7-3-8-21-55)48-71(51-73)65-32-17-28-61(44-65)56-36-38-57(39-37-56)70-49-72-47-68(41-42-75(72)74(52-70)54-87)84-90-80(58-22-9-4-10-23-58)88-81(91-84)59-24-11-5-12-25-59/h3-53H,1-2H3. The van der Waals surface area contributed by atoms with Gasteiger partial charge in [0.2, 0.25) is 0 Å². The second-order valence-electron chi connectivity index (χ2n) is 24.2. The zero-order chi connectivity index (χ0) is 62.4. The summed E-state index contributed by atoms with van der Waals surface area (Å²) in [6.07, 6.45) is 0. The van der Waals surface area contributed by atoms with Gasteiger partial charge in [-0.2, -0.15) is 5.26 Å². The van der Waals surface area contributed by atoms with Crippen molar-refractivity contribution in [2.45, 2.75) is 19.3 Å². The molecule has 15 aromatic rings. The van der Waals surface area contributed by atoms with Crippen molar-refractivity contribution in [1.82, 2.24) is 29.9 Å². The second-order valence-corrected chi connectivity index (χ2v) is 24.2. The minimum absolute atomic E-state index is 0.0916. The maximum Gasteiger partial charge on any atom is 0.164 e. The normalized spacial score (nSPS) is 12.1. The maximum absolute atomic E-state index is 10.5. The number of benzene rings is 13. The summed E-state index contributed by atoms with van der Waals surface area (Å²) < 4.78 is 0. The van der Waals surface area contributed by atoms with Crippen LogP contribution in [-0.4, -0.2) is 29.9 Å². The van der Waals surface area contributed by atoms with Gasteiger partial charge < -0.3 is 0 Å². The summed E-state index contributed by atoms with van der Waals surface area (Å²) in [6.45, 7) is 4.66. The van der Waals surface area contributed by atoms with E-state index in [-0.39, 0.29) is 5.41 Å². The molecule has 1 aliphatic rings. The lowest BCUT2D eigenvalue weighted by Crippen LogP contribution is -2.14. The molecule has 7 heteroatoms. The van der Waals surface area contributed by atoms with Crippen LogP contribution in [0.1, 0.15) is 30.5 Å². The summed E-state index contributed by atoms with van der Waals surface area (Å²) in [5, 5.41) is 12.3. The first-order valence-corrected chi connectivity index (χ1v) is 31.3. The molecule has 0 radical (unpaired) electrons. The average Bonchev–Trinajstić information content (AvgIpc) is 1.65. The Morgan fingerprint density at radius 3 is 1.09 bits per heavy atom. The molecule has 0 bridgehead atoms. The van der Waals surface area contributed by atoms with Crippen molar-refractivity contribution < 1.29 is 0 Å². The van der Waals surface area contributed by atoms with Gasteiger partial charge in [0, 0.05) is 38.8 Å². The van der Waals surface area contributed by atoms with Crippen molar-refractivity contribution in [3.8, 4) is 152 Å². The molecule has 0 amide bonds. The predicted octanol–water partition coefficient (Wildman–Crippen LogP) is 21.4. The van der Waals surface area contributed by atoms with E-state index in [4.69, 9.17) is 29.9 Å². The van der Waals surface area contributed by atoms with Crippen molar-refractivity contribution in [3.05, 3.63) is 326 Å². The monoisotopic (exact) mass is 1190 g/mol. The Hall–Kier alpha value is -12.4. The van der Waals surface area contributed by atoms with Crippen molar-refractivity contribution >= 4 is 10.8 Å². The van der Waals surface area contributed by atoms with Crippen molar-refractivity contribution in [3.63, 3.8) is 0 Å². The fraction of sp³-hybridized carbons (Fsp3) is 0.0349. The van der Waals surface area contributed by atoms with Gasteiger partial charge in [0.25, 0.3) is 0 Å². The third kappa shape index (κ3) is 10.8. The Balaban J connectivity index is 0.729. The molecule has 2 aromatic heterocycles. The van der Waals surface area contributed by atoms with Crippen molar-refractivity contribution in [1.29, 1.82) is 5.26 Å². The zero-order valence-corrected chi connectivity index (χ0v) is 51.1. The van der Waals surface area contributed by atoms with E-state index in [1.165, 1.54) is 27.8 Å². The van der Waals surface area contributed by atoms with Gasteiger partial charge >= 0.3 is 0 Å². The Kier molecular flexibility index (Phi) is 14.1. The highest BCUT2D eigenvalue weighted by Crippen LogP contribution is 2.50. The van der Waals surface area contributed by atoms with E-state index in [2.05, 4.69) is 226 Å². The molecule has 0 N–H and O–H groups in total. The Labute approximate surface area is 540 Å². The molecule has 0 unspecified atom stereocenters. The van der Waals surface area contributed by atoms with Crippen LogP contribution in [0, 0.1) is 11.3 Å². The molecule has 0 fully saturated rings. The Morgan fingerprint density at radius 1 is 0.237 bits per heavy atom. The van der Waals surface area contributed by atoms with Gasteiger partial charge in [0.15, 0.2) is 34.9 Å². The molecule has 0 spiro atoms. The fourth-order valence-corrected chi connectivity index (χ4v) is 13.1. The summed E-state index contributed by atoms with van der Waals surface area (Å²) in [5.74, 6) is 3.48. The smallest absolute Gasteiger partial charge is 0.164 e. The highest BCUT2D eigenvalue weighted by atomic mass is 15.0. The summed E-state index contributed by atoms with van der Waals surface area (Å²) in [5.41, 5.74) is 23.9. The van der Waals surface area contributed by atoms with Crippen LogP contribution >= 0.6 is 0 Å². The van der Waals surface area contributed by atoms with E-state index in [1.807, 2.05) is 103 Å². The van der Waals surface area contributed by atoms with Crippen LogP contribution in [-0.2, 0) is 5.41 Å². The fourth-order valence-electron chi connectivity index (χ4n) is 13.1. The Morgan fingerprint density at radius 2 is 0.548 bits per heavy atom. The zero-order valence-electron chi connectivity index (χ0n) is 51.1. The molecule has 0 aliphatic heterocycles. The molecular weight excluding hydrogens is 1130 g/mol. The highest BCUT2D eigenvalue weighted by molar-refractivity contribution is 5.95. The van der Waals surface area contributed by atoms with Crippen LogP contribution in [0.15, 0.2) is 309 Å². The van der Waals surface area contributed by atoms with E-state index in [9.17, 15) is 5.26 Å². The number of hydrogen-bond acceptors (Lipinski definition) is 7. The van der Waals surface area contributed by atoms with Gasteiger partial charge in [0.1, 0.15) is 0 Å². The third-order valence-electron chi connectivity index (χ3n) is 18.0. The summed E-state index contributed by atoms with van der Waals surface area (Å²) in [4.78, 5) is 30.7. The predicted molar refractivity (Wildman–Crippen MR) is 378 cm³/mol. The number of aromatic nitrogens is 6. The average molecular weight is 1190 g/mol. The molecule has 0 saturated heterocycles. The molecule has 0 saturated carbocycles. The number of nitrogens with zero attached hydrogens (tertiary/aromatic N) is 7. The quantitative estimate of drug-likeness (QED) is 0.120. The number of rotatable bonds is 12. The van der Waals surface area contributed by atoms with Crippen LogP contribution in [0.25, 0.3) is 157 Å². The molecular formula is C86H57N7. The Bertz CT molecular complexity index is 5350. The van der Waals surface area contributed by atoms with Crippen LogP contribution < -0.4 is 0 Å². The number of nitriles is 1. The molecule has 1 aliphatic carbocycles. The lowest BCUT2D eigenvalue weighted by atomic mass is 9.81. The van der Waals surface area contributed by atoms with Gasteiger partial charge in [-0.15, -0.1) is 0 Å². The van der Waals surface area contributed by atoms with Gasteiger partial charge in [-0.3, -0.25) is 0 Å². The molecule has 13 aromatic carbocycles. The molecule has 93 heavy (non-hydrogen) atoms. The van der Waals surface area contributed by atoms with Gasteiger partial charge in [0.05, 0.1) is 11.6 Å². The largest absolute Gasteiger partial charge is 0.208 e. The summed E-state index contributed by atoms with van der Waals surface area (Å²) in [7, 11) is 0. The first-order valence-electron chi connectivity index (χ1n) is 31.3. The SMILES string of the molecule is CC1(C)c2ccccc2-c2ccc(-c3cccc(-c4cccc(-c5nc(-c6ccccc6)nc(-c6cc(-c7ccccc7)cc(-c7cccc(-c8ccc(-c9cc(C#N)c%10ccc(-c%11nc(-c%12ccccc%12)nc(-c%12ccccc%12)n%11)cc%10c9)cc8)c7)c6)n5)c4)c3)cc21. The molecule has 436 valence electrons. The lowest BCUT2D eigenvalue weighted by Gasteiger charge is -2.22. The minimum Gasteiger partial charge on any atom is -0.208 e. The first kappa shape index (κ1) is 55.9. The van der Waals surface area contributed by atoms with Crippen molar-refractivity contribution in [2.24, 2.45) is 0 Å². The minimum atomic E-state index is -0.0916. The van der Waals surface area contributed by atoms with E-state index in [0.717, 1.165) is 105 Å². The van der Waals surface area contributed by atoms with Crippen LogP contribution in [0.3, 0.4) is 0 Å². The molecule has 2 heterocycles. The van der Waals surface area contributed by atoms with Crippen LogP contribution in [0.5, 0.6) is 0 Å². The highest BCUT2D eigenvalue weighted by Gasteiger charge is 2.35. The second kappa shape index (κ2) is 23.5. The maximum atomic E-state index is 10.5. The summed E-state index contributed by atoms with van der Waals surface area (Å²) in [6, 6.07) is 110. The summed E-state index contributed by atoms with van der Waals surface area (Å²) >= 11 is 0. The number of fused-ring (bicyclic) bond motifs is 4. The van der Waals surface area contributed by atoms with E-state index < -0.39 is 0 Å². The van der Waals surface area contributed by atoms with Crippen molar-refractivity contribution in [2.75, 3.05) is 0 Å². The van der Waals surface area contributed by atoms with Gasteiger partial charge in [-0.05, 0) is 160 Å². The topological polar surface area (TPSA) is 101 Å². The third-order valence-corrected chi connectivity index (χ3v) is 18.0. The van der Waals surface area contributed by atoms with E-state index in [0.29, 0.717) is 40.5 Å². The molecule has 16 rings (SSSR count). The first-order chi connectivity index (χ1) is 45.7. The van der Waals surface area contributed by atoms with Crippen LogP contribution in [0.2, 0.25) is 0 Å². The van der Waals surface area contributed by atoms with Gasteiger partial charge in [-0.1, -0.05) is 263 Å². The molecule has 0 atom stereocenters. The molecule has 7 nitrogen and oxygen atoms in total. The van der Waals surface area contributed by atoms with E-state index >= 15 is 0 Å².